The number of methoxy groups -OCH3 is 6. The van der Waals surface area contributed by atoms with E-state index in [9.17, 15) is 14.7 Å². The van der Waals surface area contributed by atoms with E-state index in [0.717, 1.165) is 125 Å². The molecule has 3 saturated heterocycles. The van der Waals surface area contributed by atoms with Gasteiger partial charge in [0.1, 0.15) is 17.9 Å². The molecule has 422 valence electrons. The minimum Gasteiger partial charge on any atom is -0.493 e. The molecular formula is C62H94N4O10. The molecule has 3 fully saturated rings. The van der Waals surface area contributed by atoms with Gasteiger partial charge in [-0.2, -0.15) is 0 Å². The quantitative estimate of drug-likeness (QED) is 0.139. The first-order valence-corrected chi connectivity index (χ1v) is 28.4. The number of hydrogen-bond donors (Lipinski definition) is 2. The molecule has 0 radical (unpaired) electrons. The van der Waals surface area contributed by atoms with Crippen LogP contribution in [0.25, 0.3) is 0 Å². The lowest BCUT2D eigenvalue weighted by Gasteiger charge is -2.47. The van der Waals surface area contributed by atoms with Crippen molar-refractivity contribution in [2.75, 3.05) is 81.9 Å². The van der Waals surface area contributed by atoms with Gasteiger partial charge < -0.3 is 44.0 Å². The molecule has 6 aliphatic rings. The van der Waals surface area contributed by atoms with Crippen molar-refractivity contribution in [1.29, 1.82) is 0 Å². The Bertz CT molecular complexity index is 2420. The number of hydrogen-bond acceptors (Lipinski definition) is 14. The Morgan fingerprint density at radius 2 is 0.934 bits per heavy atom. The zero-order valence-corrected chi connectivity index (χ0v) is 48.6. The molecule has 3 aromatic rings. The minimum absolute atomic E-state index is 0.0632. The summed E-state index contributed by atoms with van der Waals surface area (Å²) in [7, 11) is 10.0. The van der Waals surface area contributed by atoms with E-state index in [0.29, 0.717) is 47.8 Å². The zero-order valence-electron chi connectivity index (χ0n) is 48.6. The minimum atomic E-state index is -0.578. The first kappa shape index (κ1) is 59.1. The Morgan fingerprint density at radius 1 is 0.553 bits per heavy atom. The fourth-order valence-corrected chi connectivity index (χ4v) is 13.2. The SMILES string of the molecule is COc1cc2c(cc1OC)C1CC(=O)C(CC(C)C)CN1CC2.COc1cc2c(cc1OC)[C@H]1C[C@@H](O)[C@H](CC(C)C)CN1CC2.COc1cc2c(cc1OC)[C@H]1C[C@@H](OC(=O)[C@@H](N)C(C)C)[C@H](CC(C)C)CN1CC2. The van der Waals surface area contributed by atoms with Crippen LogP contribution in [0.4, 0.5) is 0 Å². The number of rotatable bonds is 15. The van der Waals surface area contributed by atoms with E-state index < -0.39 is 6.04 Å². The zero-order chi connectivity index (χ0) is 55.1. The van der Waals surface area contributed by atoms with Gasteiger partial charge in [-0.3, -0.25) is 24.3 Å². The van der Waals surface area contributed by atoms with Crippen LogP contribution in [-0.2, 0) is 33.6 Å². The Balaban J connectivity index is 0.000000168. The molecule has 0 aliphatic carbocycles. The molecule has 0 aromatic heterocycles. The summed E-state index contributed by atoms with van der Waals surface area (Å²) in [5, 5.41) is 10.6. The fourth-order valence-electron chi connectivity index (χ4n) is 13.2. The number of esters is 1. The smallest absolute Gasteiger partial charge is 0.323 e. The van der Waals surface area contributed by atoms with Crippen molar-refractivity contribution in [2.24, 2.45) is 47.2 Å². The van der Waals surface area contributed by atoms with Crippen LogP contribution in [0.5, 0.6) is 34.5 Å². The van der Waals surface area contributed by atoms with Gasteiger partial charge in [-0.1, -0.05) is 55.4 Å². The summed E-state index contributed by atoms with van der Waals surface area (Å²) in [5.74, 6) is 7.51. The van der Waals surface area contributed by atoms with E-state index in [1.807, 2.05) is 13.8 Å². The van der Waals surface area contributed by atoms with Gasteiger partial charge in [-0.25, -0.2) is 0 Å². The molecule has 3 N–H and O–H groups in total. The number of aliphatic hydroxyl groups excluding tert-OH is 1. The van der Waals surface area contributed by atoms with Crippen LogP contribution >= 0.6 is 0 Å². The van der Waals surface area contributed by atoms with Crippen LogP contribution in [0.3, 0.4) is 0 Å². The number of ketones is 1. The number of benzene rings is 3. The van der Waals surface area contributed by atoms with Gasteiger partial charge in [-0.15, -0.1) is 0 Å². The lowest BCUT2D eigenvalue weighted by Crippen LogP contribution is -2.51. The average Bonchev–Trinajstić information content (AvgIpc) is 3.40. The molecule has 3 aromatic carbocycles. The van der Waals surface area contributed by atoms with E-state index in [1.54, 1.807) is 42.7 Å². The van der Waals surface area contributed by atoms with E-state index in [-0.39, 0.29) is 42.1 Å². The number of carbonyl (C=O) groups is 2. The Labute approximate surface area is 455 Å². The van der Waals surface area contributed by atoms with Crippen LogP contribution in [0, 0.1) is 41.4 Å². The monoisotopic (exact) mass is 1050 g/mol. The third-order valence-corrected chi connectivity index (χ3v) is 17.1. The Kier molecular flexibility index (Phi) is 20.5. The van der Waals surface area contributed by atoms with Gasteiger partial charge in [0.15, 0.2) is 34.5 Å². The molecule has 14 nitrogen and oxygen atoms in total. The van der Waals surface area contributed by atoms with Crippen molar-refractivity contribution in [3.8, 4) is 34.5 Å². The first-order chi connectivity index (χ1) is 36.3. The second-order valence-electron chi connectivity index (χ2n) is 24.1. The van der Waals surface area contributed by atoms with E-state index in [2.05, 4.69) is 92.6 Å². The molecule has 9 rings (SSSR count). The highest BCUT2D eigenvalue weighted by Crippen LogP contribution is 2.47. The summed E-state index contributed by atoms with van der Waals surface area (Å²) in [5.41, 5.74) is 13.8. The Hall–Kier alpha value is -4.60. The van der Waals surface area contributed by atoms with Gasteiger partial charge in [-0.05, 0) is 144 Å². The number of piperidine rings is 3. The van der Waals surface area contributed by atoms with Crippen molar-refractivity contribution in [1.82, 2.24) is 14.7 Å². The highest BCUT2D eigenvalue weighted by molar-refractivity contribution is 5.83. The van der Waals surface area contributed by atoms with Crippen molar-refractivity contribution < 1.29 is 47.9 Å². The molecule has 2 unspecified atom stereocenters. The second-order valence-corrected chi connectivity index (χ2v) is 24.1. The summed E-state index contributed by atoms with van der Waals surface area (Å²) in [6, 6.07) is 12.7. The van der Waals surface area contributed by atoms with Gasteiger partial charge in [0.2, 0.25) is 0 Å². The number of nitrogens with zero attached hydrogens (tertiary/aromatic N) is 3. The summed E-state index contributed by atoms with van der Waals surface area (Å²) < 4.78 is 38.9. The maximum atomic E-state index is 12.7. The predicted octanol–water partition coefficient (Wildman–Crippen LogP) is 9.83. The van der Waals surface area contributed by atoms with Crippen LogP contribution < -0.4 is 34.2 Å². The molecule has 0 saturated carbocycles. The Morgan fingerprint density at radius 3 is 1.36 bits per heavy atom. The van der Waals surface area contributed by atoms with Crippen LogP contribution in [0.15, 0.2) is 36.4 Å². The van der Waals surface area contributed by atoms with Crippen LogP contribution in [0.1, 0.15) is 145 Å². The van der Waals surface area contributed by atoms with E-state index >= 15 is 0 Å². The number of aliphatic hydroxyl groups is 1. The molecule has 9 atom stereocenters. The topological polar surface area (TPSA) is 155 Å². The van der Waals surface area contributed by atoms with E-state index in [4.69, 9.17) is 38.9 Å². The fraction of sp³-hybridized carbons (Fsp3) is 0.677. The van der Waals surface area contributed by atoms with Crippen molar-refractivity contribution >= 4 is 11.8 Å². The molecule has 0 amide bonds. The third-order valence-electron chi connectivity index (χ3n) is 17.1. The second kappa shape index (κ2) is 26.4. The number of carbonyl (C=O) groups excluding carboxylic acids is 2. The molecule has 0 bridgehead atoms. The van der Waals surface area contributed by atoms with Gasteiger partial charge >= 0.3 is 5.97 Å². The lowest BCUT2D eigenvalue weighted by molar-refractivity contribution is -0.160. The van der Waals surface area contributed by atoms with Crippen LogP contribution in [-0.4, -0.2) is 132 Å². The number of Topliss-reactive ketones (excluding diaryl/α,β-unsaturated/α-hetero) is 1. The first-order valence-electron chi connectivity index (χ1n) is 28.4. The molecule has 14 heteroatoms. The van der Waals surface area contributed by atoms with Gasteiger partial charge in [0, 0.05) is 82.1 Å². The molecule has 6 heterocycles. The normalized spacial score (nSPS) is 25.5. The molecule has 76 heavy (non-hydrogen) atoms. The highest BCUT2D eigenvalue weighted by atomic mass is 16.5. The maximum absolute atomic E-state index is 12.7. The van der Waals surface area contributed by atoms with Crippen LogP contribution in [0.2, 0.25) is 0 Å². The van der Waals surface area contributed by atoms with Crippen molar-refractivity contribution in [3.63, 3.8) is 0 Å². The van der Waals surface area contributed by atoms with Crippen molar-refractivity contribution in [2.45, 2.75) is 150 Å². The summed E-state index contributed by atoms with van der Waals surface area (Å²) in [6.45, 7) is 23.2. The standard InChI is InChI=1S/C24H38N2O4.C19H29NO3.C19H27NO3/c1-14(2)9-17-13-26-8-7-16-10-21(28-5)22(29-6)11-18(16)19(26)12-20(17)30-24(27)23(25)15(3)4;2*1-12(2)7-14-11-20-6-5-13-8-18(22-3)19(23-4)9-15(13)16(20)10-17(14)21/h10-11,14-15,17,19-20,23H,7-9,12-13,25H2,1-6H3;8-9,12,14,16-17,21H,5-7,10-11H2,1-4H3;8-9,12,14,16H,5-7,10-11H2,1-4H3/t17-,19-,20-,23+;14-,16-,17-;/m11./s1. The van der Waals surface area contributed by atoms with Crippen molar-refractivity contribution in [3.05, 3.63) is 69.8 Å². The average molecular weight is 1060 g/mol. The summed E-state index contributed by atoms with van der Waals surface area (Å²) in [6.07, 6.45) is 8.08. The lowest BCUT2D eigenvalue weighted by atomic mass is 9.79. The number of nitrogens with two attached hydrogens (primary N) is 1. The maximum Gasteiger partial charge on any atom is 0.323 e. The van der Waals surface area contributed by atoms with E-state index in [1.165, 1.54) is 33.4 Å². The predicted molar refractivity (Wildman–Crippen MR) is 299 cm³/mol. The molecular weight excluding hydrogens is 961 g/mol. The third kappa shape index (κ3) is 13.6. The highest BCUT2D eigenvalue weighted by Gasteiger charge is 2.43. The number of fused-ring (bicyclic) bond motifs is 9. The number of ether oxygens (including phenoxy) is 7. The summed E-state index contributed by atoms with van der Waals surface area (Å²) >= 11 is 0. The largest absolute Gasteiger partial charge is 0.493 e. The molecule has 6 aliphatic heterocycles. The molecule has 0 spiro atoms. The summed E-state index contributed by atoms with van der Waals surface area (Å²) in [4.78, 5) is 32.9. The van der Waals surface area contributed by atoms with Gasteiger partial charge in [0.05, 0.1) is 48.8 Å². The van der Waals surface area contributed by atoms with Gasteiger partial charge in [0.25, 0.3) is 0 Å².